The summed E-state index contributed by atoms with van der Waals surface area (Å²) in [4.78, 5) is 15.5. The molecule has 1 amide bonds. The van der Waals surface area contributed by atoms with Crippen molar-refractivity contribution >= 4 is 45.3 Å². The van der Waals surface area contributed by atoms with E-state index < -0.39 is 0 Å². The third kappa shape index (κ3) is 4.36. The molecule has 1 atom stereocenters. The molecule has 0 radical (unpaired) electrons. The van der Waals surface area contributed by atoms with Crippen molar-refractivity contribution < 1.29 is 4.79 Å². The van der Waals surface area contributed by atoms with E-state index in [1.807, 2.05) is 23.0 Å². The van der Waals surface area contributed by atoms with E-state index in [4.69, 9.17) is 0 Å². The molecule has 6 nitrogen and oxygen atoms in total. The number of anilines is 1. The van der Waals surface area contributed by atoms with E-state index in [1.54, 1.807) is 11.3 Å². The van der Waals surface area contributed by atoms with Gasteiger partial charge in [-0.2, -0.15) is 5.26 Å². The first-order valence-electron chi connectivity index (χ1n) is 11.5. The lowest BCUT2D eigenvalue weighted by molar-refractivity contribution is -0.113. The smallest absolute Gasteiger partial charge is 0.235 e. The van der Waals surface area contributed by atoms with E-state index in [0.29, 0.717) is 16.5 Å². The highest BCUT2D eigenvalue weighted by Crippen LogP contribution is 2.40. The molecule has 0 fully saturated rings. The molecule has 172 valence electrons. The lowest BCUT2D eigenvalue weighted by Crippen LogP contribution is -2.14. The van der Waals surface area contributed by atoms with Crippen LogP contribution in [-0.4, -0.2) is 26.4 Å². The van der Waals surface area contributed by atoms with Gasteiger partial charge in [-0.3, -0.25) is 4.79 Å². The summed E-state index contributed by atoms with van der Waals surface area (Å²) in [5, 5.41) is 25.1. The molecule has 1 unspecified atom stereocenters. The maximum Gasteiger partial charge on any atom is 0.235 e. The van der Waals surface area contributed by atoms with Gasteiger partial charge in [0.25, 0.3) is 0 Å². The SMILES string of the molecule is CCC1CCc2c(sc(NC(=O)CSc3nnc(-c4csc5c4CCCC5)n3C)c2C#N)C1. The number of hydrogen-bond acceptors (Lipinski definition) is 7. The second-order valence-electron chi connectivity index (χ2n) is 8.80. The number of nitrogens with zero attached hydrogens (tertiary/aromatic N) is 4. The number of amides is 1. The predicted octanol–water partition coefficient (Wildman–Crippen LogP) is 5.60. The van der Waals surface area contributed by atoms with Crippen LogP contribution >= 0.6 is 34.4 Å². The van der Waals surface area contributed by atoms with E-state index in [2.05, 4.69) is 33.9 Å². The molecule has 1 N–H and O–H groups in total. The number of aromatic nitrogens is 3. The second kappa shape index (κ2) is 9.61. The number of rotatable bonds is 6. The highest BCUT2D eigenvalue weighted by atomic mass is 32.2. The van der Waals surface area contributed by atoms with Crippen molar-refractivity contribution in [2.45, 2.75) is 63.4 Å². The van der Waals surface area contributed by atoms with Crippen molar-refractivity contribution in [2.24, 2.45) is 13.0 Å². The van der Waals surface area contributed by atoms with Gasteiger partial charge in [0.05, 0.1) is 11.3 Å². The van der Waals surface area contributed by atoms with E-state index in [-0.39, 0.29) is 11.7 Å². The van der Waals surface area contributed by atoms with Crippen LogP contribution in [0.1, 0.15) is 59.1 Å². The van der Waals surface area contributed by atoms with Gasteiger partial charge in [0.2, 0.25) is 5.91 Å². The van der Waals surface area contributed by atoms with Crippen LogP contribution < -0.4 is 5.32 Å². The first kappa shape index (κ1) is 22.6. The van der Waals surface area contributed by atoms with Crippen LogP contribution in [0, 0.1) is 17.2 Å². The van der Waals surface area contributed by atoms with Crippen LogP contribution in [0.5, 0.6) is 0 Å². The molecule has 0 saturated heterocycles. The molecule has 9 heteroatoms. The molecule has 0 aliphatic heterocycles. The molecule has 33 heavy (non-hydrogen) atoms. The Bertz CT molecular complexity index is 1230. The summed E-state index contributed by atoms with van der Waals surface area (Å²) in [6, 6.07) is 2.33. The highest BCUT2D eigenvalue weighted by molar-refractivity contribution is 7.99. The Balaban J connectivity index is 1.26. The topological polar surface area (TPSA) is 83.6 Å². The normalized spacial score (nSPS) is 17.3. The number of carbonyl (C=O) groups is 1. The van der Waals surface area contributed by atoms with Gasteiger partial charge < -0.3 is 9.88 Å². The fourth-order valence-corrected chi connectivity index (χ4v) is 8.02. The number of thiophene rings is 2. The number of thioether (sulfide) groups is 1. The van der Waals surface area contributed by atoms with Crippen LogP contribution in [0.25, 0.3) is 11.4 Å². The molecule has 3 aromatic heterocycles. The van der Waals surface area contributed by atoms with Gasteiger partial charge in [-0.05, 0) is 62.0 Å². The van der Waals surface area contributed by atoms with E-state index in [1.165, 1.54) is 45.5 Å². The minimum atomic E-state index is -0.111. The molecule has 0 spiro atoms. The third-order valence-corrected chi connectivity index (χ3v) is 10.1. The minimum absolute atomic E-state index is 0.111. The summed E-state index contributed by atoms with van der Waals surface area (Å²) in [5.74, 6) is 1.68. The number of nitriles is 1. The fraction of sp³-hybridized carbons (Fsp3) is 0.500. The number of aryl methyl sites for hydroxylation is 1. The van der Waals surface area contributed by atoms with Crippen molar-refractivity contribution in [3.8, 4) is 17.5 Å². The van der Waals surface area contributed by atoms with Crippen molar-refractivity contribution in [3.05, 3.63) is 31.8 Å². The molecule has 2 aliphatic carbocycles. The molecule has 0 saturated carbocycles. The Labute approximate surface area is 206 Å². The van der Waals surface area contributed by atoms with E-state index in [9.17, 15) is 10.1 Å². The zero-order valence-corrected chi connectivity index (χ0v) is 21.4. The van der Waals surface area contributed by atoms with Crippen molar-refractivity contribution in [1.82, 2.24) is 14.8 Å². The van der Waals surface area contributed by atoms with E-state index >= 15 is 0 Å². The van der Waals surface area contributed by atoms with Gasteiger partial charge in [-0.1, -0.05) is 25.1 Å². The quantitative estimate of drug-likeness (QED) is 0.448. The molecule has 3 heterocycles. The van der Waals surface area contributed by atoms with Crippen LogP contribution in [0.3, 0.4) is 0 Å². The first-order valence-corrected chi connectivity index (χ1v) is 14.2. The summed E-state index contributed by atoms with van der Waals surface area (Å²) < 4.78 is 1.99. The average molecular weight is 498 g/mol. The first-order chi connectivity index (χ1) is 16.1. The largest absolute Gasteiger partial charge is 0.316 e. The van der Waals surface area contributed by atoms with Crippen LogP contribution in [0.4, 0.5) is 5.00 Å². The van der Waals surface area contributed by atoms with Gasteiger partial charge in [-0.25, -0.2) is 0 Å². The molecular formula is C24H27N5OS3. The Kier molecular flexibility index (Phi) is 6.59. The molecule has 0 aromatic carbocycles. The maximum absolute atomic E-state index is 12.7. The van der Waals surface area contributed by atoms with Gasteiger partial charge in [0.1, 0.15) is 11.1 Å². The number of nitrogens with one attached hydrogen (secondary N) is 1. The zero-order chi connectivity index (χ0) is 22.9. The van der Waals surface area contributed by atoms with Crippen LogP contribution in [0.2, 0.25) is 0 Å². The van der Waals surface area contributed by atoms with Crippen LogP contribution in [-0.2, 0) is 37.5 Å². The number of fused-ring (bicyclic) bond motifs is 2. The average Bonchev–Trinajstić information content (AvgIpc) is 3.51. The van der Waals surface area contributed by atoms with Crippen LogP contribution in [0.15, 0.2) is 10.5 Å². The van der Waals surface area contributed by atoms with Crippen molar-refractivity contribution in [1.29, 1.82) is 5.26 Å². The monoisotopic (exact) mass is 497 g/mol. The summed E-state index contributed by atoms with van der Waals surface area (Å²) in [6.45, 7) is 2.22. The van der Waals surface area contributed by atoms with Gasteiger partial charge in [-0.15, -0.1) is 32.9 Å². The molecule has 2 aliphatic rings. The lowest BCUT2D eigenvalue weighted by atomic mass is 9.86. The fourth-order valence-electron chi connectivity index (χ4n) is 4.86. The Hall–Kier alpha value is -2.15. The number of hydrogen-bond donors (Lipinski definition) is 1. The Morgan fingerprint density at radius 3 is 2.94 bits per heavy atom. The molecule has 0 bridgehead atoms. The molecule has 5 rings (SSSR count). The van der Waals surface area contributed by atoms with Gasteiger partial charge >= 0.3 is 0 Å². The predicted molar refractivity (Wildman–Crippen MR) is 135 cm³/mol. The lowest BCUT2D eigenvalue weighted by Gasteiger charge is -2.20. The molecular weight excluding hydrogens is 470 g/mol. The molecule has 3 aromatic rings. The third-order valence-electron chi connectivity index (χ3n) is 6.78. The summed E-state index contributed by atoms with van der Waals surface area (Å²) in [7, 11) is 1.97. The Morgan fingerprint density at radius 1 is 1.27 bits per heavy atom. The maximum atomic E-state index is 12.7. The minimum Gasteiger partial charge on any atom is -0.316 e. The van der Waals surface area contributed by atoms with E-state index in [0.717, 1.165) is 55.1 Å². The number of carbonyl (C=O) groups excluding carboxylic acids is 1. The standard InChI is InChI=1S/C24H27N5OS3/c1-3-14-8-9-16-17(11-25)23(33-20(16)10-14)26-21(30)13-32-24-28-27-22(29(24)2)18-12-31-19-7-5-4-6-15(18)19/h12,14H,3-10,13H2,1-2H3,(H,26,30). The second-order valence-corrected chi connectivity index (χ2v) is 11.8. The summed E-state index contributed by atoms with van der Waals surface area (Å²) in [6.07, 6.45) is 9.00. The summed E-state index contributed by atoms with van der Waals surface area (Å²) >= 11 is 4.79. The zero-order valence-electron chi connectivity index (χ0n) is 18.9. The Morgan fingerprint density at radius 2 is 2.12 bits per heavy atom. The van der Waals surface area contributed by atoms with Crippen molar-refractivity contribution in [2.75, 3.05) is 11.1 Å². The van der Waals surface area contributed by atoms with Crippen molar-refractivity contribution in [3.63, 3.8) is 0 Å². The van der Waals surface area contributed by atoms with Gasteiger partial charge in [0, 0.05) is 27.7 Å². The van der Waals surface area contributed by atoms with Gasteiger partial charge in [0.15, 0.2) is 11.0 Å². The summed E-state index contributed by atoms with van der Waals surface area (Å²) in [5.41, 5.74) is 4.42. The highest BCUT2D eigenvalue weighted by Gasteiger charge is 2.26.